The zero-order chi connectivity index (χ0) is 21.0. The van der Waals surface area contributed by atoms with Gasteiger partial charge in [0.25, 0.3) is 0 Å². The van der Waals surface area contributed by atoms with Crippen LogP contribution in [0.15, 0.2) is 0 Å². The second kappa shape index (κ2) is 7.02. The molecule has 0 spiro atoms. The van der Waals surface area contributed by atoms with E-state index in [0.29, 0.717) is 0 Å². The third kappa shape index (κ3) is 3.31. The van der Waals surface area contributed by atoms with E-state index in [1.54, 1.807) is 0 Å². The summed E-state index contributed by atoms with van der Waals surface area (Å²) in [5.74, 6) is -26.6. The van der Waals surface area contributed by atoms with Crippen LogP contribution in [-0.2, 0) is 0 Å². The van der Waals surface area contributed by atoms with Crippen molar-refractivity contribution in [1.29, 1.82) is 0 Å². The molecule has 0 atom stereocenters. The molecule has 0 amide bonds. The smallest absolute Gasteiger partial charge is 0.203 e. The minimum atomic E-state index is -2.52. The van der Waals surface area contributed by atoms with E-state index >= 15 is 0 Å². The molecule has 0 N–H and O–H groups in total. The maximum Gasteiger partial charge on any atom is 0.222 e. The number of rotatable bonds is 3. The van der Waals surface area contributed by atoms with Crippen LogP contribution in [0.25, 0.3) is 0 Å². The summed E-state index contributed by atoms with van der Waals surface area (Å²) in [6.45, 7) is 2.25. The van der Waals surface area contributed by atoms with Crippen molar-refractivity contribution in [3.8, 4) is 0 Å². The fourth-order valence-corrected chi connectivity index (χ4v) is 3.34. The Morgan fingerprint density at radius 1 is 0.481 bits per heavy atom. The molecule has 2 aromatic rings. The van der Waals surface area contributed by atoms with Crippen LogP contribution >= 0.6 is 0 Å². The second-order valence-electron chi connectivity index (χ2n) is 6.77. The molecule has 2 rings (SSSR count). The van der Waals surface area contributed by atoms with Gasteiger partial charge in [0, 0.05) is 17.0 Å². The standard InChI is InChI=1S/C16H7F10.Al.2H/c1-3(2)4(5-7(17)11(21)15(25)12(22)8(5)18)6-9(19)13(23)16(26)14(24)10(6)20;;;/h4H,1-2H3;;;. The Labute approximate surface area is 154 Å². The van der Waals surface area contributed by atoms with Crippen LogP contribution < -0.4 is 0 Å². The molecule has 11 heteroatoms. The van der Waals surface area contributed by atoms with Crippen LogP contribution in [-0.4, -0.2) is 16.3 Å². The van der Waals surface area contributed by atoms with Gasteiger partial charge in [-0.1, -0.05) is 18.1 Å². The molecule has 27 heavy (non-hydrogen) atoms. The van der Waals surface area contributed by atoms with E-state index in [9.17, 15) is 43.9 Å². The lowest BCUT2D eigenvalue weighted by atomic mass is 9.80. The summed E-state index contributed by atoms with van der Waals surface area (Å²) in [7, 11) is 0. The molecular weight excluding hydrogens is 409 g/mol. The topological polar surface area (TPSA) is 0 Å². The monoisotopic (exact) mass is 418 g/mol. The molecule has 2 aromatic carbocycles. The number of benzene rings is 2. The van der Waals surface area contributed by atoms with Crippen LogP contribution in [0.5, 0.6) is 0 Å². The maximum absolute atomic E-state index is 14.2. The fraction of sp³-hybridized carbons (Fsp3) is 0.250. The minimum Gasteiger partial charge on any atom is -0.203 e. The minimum absolute atomic E-state index is 0.184. The number of hydrogen-bond donors (Lipinski definition) is 0. The lowest BCUT2D eigenvalue weighted by Crippen LogP contribution is -2.25. The Bertz CT molecular complexity index is 805. The van der Waals surface area contributed by atoms with Gasteiger partial charge in [0.1, 0.15) is 0 Å². The molecule has 0 unspecified atom stereocenters. The van der Waals surface area contributed by atoms with E-state index in [4.69, 9.17) is 0 Å². The summed E-state index contributed by atoms with van der Waals surface area (Å²) in [5, 5.41) is 0. The maximum atomic E-state index is 14.2. The average Bonchev–Trinajstić information content (AvgIpc) is 2.59. The van der Waals surface area contributed by atoms with Gasteiger partial charge in [0.15, 0.2) is 46.5 Å². The first-order valence-electron chi connectivity index (χ1n) is 7.26. The highest BCUT2D eigenvalue weighted by molar-refractivity contribution is 6.15. The third-order valence-electron chi connectivity index (χ3n) is 3.93. The Morgan fingerprint density at radius 3 is 0.852 bits per heavy atom. The first-order valence-corrected chi connectivity index (χ1v) is 8.26. The molecule has 0 bridgehead atoms. The summed E-state index contributed by atoms with van der Waals surface area (Å²) >= 11 is -0.184. The van der Waals surface area contributed by atoms with Crippen LogP contribution in [0.2, 0.25) is 4.28 Å². The molecular formula is C16H9AlF10. The van der Waals surface area contributed by atoms with Crippen molar-refractivity contribution in [2.75, 3.05) is 0 Å². The van der Waals surface area contributed by atoms with Crippen molar-refractivity contribution in [3.63, 3.8) is 0 Å². The fourth-order valence-electron chi connectivity index (χ4n) is 2.76. The predicted molar refractivity (Wildman–Crippen MR) is 76.9 cm³/mol. The van der Waals surface area contributed by atoms with Gasteiger partial charge < -0.3 is 0 Å². The van der Waals surface area contributed by atoms with Gasteiger partial charge in [-0.3, -0.25) is 0 Å². The highest BCUT2D eigenvalue weighted by Gasteiger charge is 2.42. The summed E-state index contributed by atoms with van der Waals surface area (Å²) in [6, 6.07) is 0. The predicted octanol–water partition coefficient (Wildman–Crippen LogP) is 5.04. The quantitative estimate of drug-likeness (QED) is 0.284. The number of hydrogen-bond acceptors (Lipinski definition) is 0. The van der Waals surface area contributed by atoms with Crippen LogP contribution in [0.3, 0.4) is 0 Å². The van der Waals surface area contributed by atoms with E-state index in [1.807, 2.05) is 0 Å². The normalized spacial score (nSPS) is 12.2. The second-order valence-corrected chi connectivity index (χ2v) is 9.34. The Kier molecular flexibility index (Phi) is 5.61. The van der Waals surface area contributed by atoms with Crippen molar-refractivity contribution in [2.45, 2.75) is 24.0 Å². The highest BCUT2D eigenvalue weighted by Crippen LogP contribution is 2.49. The van der Waals surface area contributed by atoms with Crippen LogP contribution in [0.4, 0.5) is 43.9 Å². The molecule has 0 nitrogen and oxygen atoms in total. The zero-order valence-corrected chi connectivity index (χ0v) is 15.9. The van der Waals surface area contributed by atoms with Crippen molar-refractivity contribution in [3.05, 3.63) is 69.3 Å². The van der Waals surface area contributed by atoms with E-state index in [2.05, 4.69) is 0 Å². The summed E-state index contributed by atoms with van der Waals surface area (Å²) in [6.07, 6.45) is 0. The first-order chi connectivity index (χ1) is 12.2. The summed E-state index contributed by atoms with van der Waals surface area (Å²) in [5.41, 5.74) is -3.34. The van der Waals surface area contributed by atoms with Gasteiger partial charge in [0.2, 0.25) is 27.9 Å². The summed E-state index contributed by atoms with van der Waals surface area (Å²) < 4.78 is 136. The van der Waals surface area contributed by atoms with Crippen LogP contribution in [0.1, 0.15) is 30.9 Å². The van der Waals surface area contributed by atoms with Gasteiger partial charge in [-0.2, -0.15) is 0 Å². The SMILES string of the molecule is C[C](C)([AlH2])C(c1c(F)c(F)c(F)c(F)c1F)c1c(F)c(F)c(F)c(F)c1F. The molecule has 0 radical (unpaired) electrons. The Balaban J connectivity index is 3.04. The van der Waals surface area contributed by atoms with Gasteiger partial charge in [0.05, 0.1) is 0 Å². The summed E-state index contributed by atoms with van der Waals surface area (Å²) in [4.78, 5) is 0. The van der Waals surface area contributed by atoms with E-state index in [0.717, 1.165) is 13.8 Å². The lowest BCUT2D eigenvalue weighted by Gasteiger charge is -2.33. The van der Waals surface area contributed by atoms with Gasteiger partial charge >= 0.3 is 0 Å². The Hall–Kier alpha value is -1.73. The average molecular weight is 418 g/mol. The Morgan fingerprint density at radius 2 is 0.667 bits per heavy atom. The molecule has 0 aromatic heterocycles. The van der Waals surface area contributed by atoms with Gasteiger partial charge in [-0.15, -0.1) is 0 Å². The molecule has 0 heterocycles. The van der Waals surface area contributed by atoms with Gasteiger partial charge in [-0.05, 0) is 0 Å². The molecule has 0 aliphatic heterocycles. The lowest BCUT2D eigenvalue weighted by molar-refractivity contribution is 0.343. The molecule has 0 aliphatic rings. The third-order valence-corrected chi connectivity index (χ3v) is 4.51. The molecule has 0 aliphatic carbocycles. The molecule has 0 fully saturated rings. The largest absolute Gasteiger partial charge is 0.222 e. The van der Waals surface area contributed by atoms with E-state index < -0.39 is 79.5 Å². The first kappa shape index (κ1) is 21.6. The van der Waals surface area contributed by atoms with Crippen LogP contribution in [0, 0.1) is 58.2 Å². The van der Waals surface area contributed by atoms with Gasteiger partial charge in [-0.25, -0.2) is 43.9 Å². The van der Waals surface area contributed by atoms with E-state index in [-0.39, 0.29) is 16.3 Å². The van der Waals surface area contributed by atoms with E-state index in [1.165, 1.54) is 0 Å². The van der Waals surface area contributed by atoms with Crippen molar-refractivity contribution in [1.82, 2.24) is 0 Å². The molecule has 0 saturated heterocycles. The zero-order valence-electron chi connectivity index (χ0n) is 13.9. The molecule has 146 valence electrons. The highest BCUT2D eigenvalue weighted by atomic mass is 27.0. The number of halogens is 10. The van der Waals surface area contributed by atoms with Crippen molar-refractivity contribution >= 4 is 16.3 Å². The van der Waals surface area contributed by atoms with Crippen molar-refractivity contribution in [2.24, 2.45) is 0 Å². The van der Waals surface area contributed by atoms with Crippen molar-refractivity contribution < 1.29 is 43.9 Å². The molecule has 0 saturated carbocycles.